The maximum atomic E-state index is 10.7. The Morgan fingerprint density at radius 1 is 1.57 bits per heavy atom. The van der Waals surface area contributed by atoms with Crippen LogP contribution in [0.4, 0.5) is 0 Å². The quantitative estimate of drug-likeness (QED) is 0.798. The average molecular weight is 213 g/mol. The first-order valence-electron chi connectivity index (χ1n) is 4.31. The predicted octanol–water partition coefficient (Wildman–Crippen LogP) is 1.52. The minimum atomic E-state index is -0.420. The van der Waals surface area contributed by atoms with Crippen molar-refractivity contribution in [2.45, 2.75) is 19.4 Å². The topological polar surface area (TPSA) is 69.1 Å². The highest BCUT2D eigenvalue weighted by Crippen LogP contribution is 2.26. The lowest BCUT2D eigenvalue weighted by Gasteiger charge is -2.14. The van der Waals surface area contributed by atoms with E-state index >= 15 is 0 Å². The maximum Gasteiger partial charge on any atom is 0.219 e. The summed E-state index contributed by atoms with van der Waals surface area (Å²) in [6, 6.07) is 5.09. The summed E-state index contributed by atoms with van der Waals surface area (Å²) in [5, 5.41) is 0.582. The molecule has 0 aliphatic carbocycles. The van der Waals surface area contributed by atoms with Gasteiger partial charge in [0.2, 0.25) is 5.91 Å². The molecule has 14 heavy (non-hydrogen) atoms. The third kappa shape index (κ3) is 2.47. The molecule has 0 bridgehead atoms. The van der Waals surface area contributed by atoms with Crippen LogP contribution in [-0.2, 0) is 4.79 Å². The largest absolute Gasteiger partial charge is 0.370 e. The summed E-state index contributed by atoms with van der Waals surface area (Å²) in [6.45, 7) is 1.90. The minimum Gasteiger partial charge on any atom is -0.370 e. The monoisotopic (exact) mass is 212 g/mol. The van der Waals surface area contributed by atoms with E-state index in [0.717, 1.165) is 11.1 Å². The van der Waals surface area contributed by atoms with Gasteiger partial charge in [-0.25, -0.2) is 0 Å². The van der Waals surface area contributed by atoms with Gasteiger partial charge in [-0.15, -0.1) is 0 Å². The summed E-state index contributed by atoms with van der Waals surface area (Å²) in [5.74, 6) is -0.420. The van der Waals surface area contributed by atoms with Crippen LogP contribution < -0.4 is 11.5 Å². The Bertz CT molecular complexity index is 332. The minimum absolute atomic E-state index is 0.116. The Morgan fingerprint density at radius 3 is 2.71 bits per heavy atom. The van der Waals surface area contributed by atoms with Gasteiger partial charge in [0.05, 0.1) is 0 Å². The van der Waals surface area contributed by atoms with Gasteiger partial charge in [0.25, 0.3) is 0 Å². The first-order chi connectivity index (χ1) is 6.52. The molecule has 0 radical (unpaired) electrons. The van der Waals surface area contributed by atoms with Gasteiger partial charge in [0.1, 0.15) is 0 Å². The van der Waals surface area contributed by atoms with Gasteiger partial charge >= 0.3 is 0 Å². The smallest absolute Gasteiger partial charge is 0.219 e. The standard InChI is InChI=1S/C10H13ClN2O/c1-6-3-2-4-7(11)10(6)8(12)5-9(13)14/h2-4,8H,5,12H2,1H3,(H2,13,14). The van der Waals surface area contributed by atoms with Crippen LogP contribution in [0.2, 0.25) is 5.02 Å². The molecule has 0 saturated heterocycles. The van der Waals surface area contributed by atoms with E-state index in [1.807, 2.05) is 19.1 Å². The van der Waals surface area contributed by atoms with Crippen LogP contribution in [0, 0.1) is 6.92 Å². The zero-order valence-corrected chi connectivity index (χ0v) is 8.71. The number of amides is 1. The lowest BCUT2D eigenvalue weighted by Crippen LogP contribution is -2.21. The van der Waals surface area contributed by atoms with Crippen LogP contribution in [0.3, 0.4) is 0 Å². The van der Waals surface area contributed by atoms with E-state index < -0.39 is 11.9 Å². The van der Waals surface area contributed by atoms with E-state index in [0.29, 0.717) is 5.02 Å². The highest BCUT2D eigenvalue weighted by Gasteiger charge is 2.14. The van der Waals surface area contributed by atoms with Crippen molar-refractivity contribution in [1.82, 2.24) is 0 Å². The van der Waals surface area contributed by atoms with Crippen molar-refractivity contribution < 1.29 is 4.79 Å². The van der Waals surface area contributed by atoms with Crippen LogP contribution in [0.25, 0.3) is 0 Å². The molecular weight excluding hydrogens is 200 g/mol. The number of primary amides is 1. The summed E-state index contributed by atoms with van der Waals surface area (Å²) in [4.78, 5) is 10.7. The lowest BCUT2D eigenvalue weighted by molar-refractivity contribution is -0.118. The zero-order chi connectivity index (χ0) is 10.7. The molecular formula is C10H13ClN2O. The number of hydrogen-bond donors (Lipinski definition) is 2. The van der Waals surface area contributed by atoms with Crippen LogP contribution in [0.5, 0.6) is 0 Å². The number of rotatable bonds is 3. The molecule has 4 heteroatoms. The second kappa shape index (κ2) is 4.44. The SMILES string of the molecule is Cc1cccc(Cl)c1C(N)CC(N)=O. The van der Waals surface area contributed by atoms with E-state index in [-0.39, 0.29) is 6.42 Å². The van der Waals surface area contributed by atoms with E-state index in [1.165, 1.54) is 0 Å². The van der Waals surface area contributed by atoms with Crippen LogP contribution in [0.1, 0.15) is 23.6 Å². The third-order valence-electron chi connectivity index (χ3n) is 2.06. The highest BCUT2D eigenvalue weighted by molar-refractivity contribution is 6.31. The molecule has 0 saturated carbocycles. The maximum absolute atomic E-state index is 10.7. The molecule has 1 aromatic rings. The molecule has 0 aliphatic heterocycles. The number of carbonyl (C=O) groups is 1. The number of hydrogen-bond acceptors (Lipinski definition) is 2. The van der Waals surface area contributed by atoms with E-state index in [9.17, 15) is 4.79 Å². The Hall–Kier alpha value is -1.06. The molecule has 4 N–H and O–H groups in total. The summed E-state index contributed by atoms with van der Waals surface area (Å²) in [6.07, 6.45) is 0.116. The molecule has 0 aromatic heterocycles. The summed E-state index contributed by atoms with van der Waals surface area (Å²) in [5.41, 5.74) is 12.7. The molecule has 0 heterocycles. The van der Waals surface area contributed by atoms with Crippen molar-refractivity contribution in [3.63, 3.8) is 0 Å². The molecule has 3 nitrogen and oxygen atoms in total. The molecule has 0 fully saturated rings. The molecule has 1 rings (SSSR count). The Balaban J connectivity index is 2.99. The second-order valence-corrected chi connectivity index (χ2v) is 3.65. The predicted molar refractivity (Wildman–Crippen MR) is 56.9 cm³/mol. The van der Waals surface area contributed by atoms with E-state index in [4.69, 9.17) is 23.1 Å². The Kier molecular flexibility index (Phi) is 3.49. The number of benzene rings is 1. The molecule has 1 atom stereocenters. The fourth-order valence-electron chi connectivity index (χ4n) is 1.43. The number of aryl methyl sites for hydroxylation is 1. The summed E-state index contributed by atoms with van der Waals surface area (Å²) in [7, 11) is 0. The van der Waals surface area contributed by atoms with Gasteiger partial charge in [-0.2, -0.15) is 0 Å². The number of carbonyl (C=O) groups excluding carboxylic acids is 1. The third-order valence-corrected chi connectivity index (χ3v) is 2.39. The van der Waals surface area contributed by atoms with Gasteiger partial charge in [0.15, 0.2) is 0 Å². The Morgan fingerprint density at radius 2 is 2.21 bits per heavy atom. The van der Waals surface area contributed by atoms with Gasteiger partial charge in [0, 0.05) is 17.5 Å². The normalized spacial score (nSPS) is 12.5. The van der Waals surface area contributed by atoms with Crippen LogP contribution in [0.15, 0.2) is 18.2 Å². The number of halogens is 1. The molecule has 76 valence electrons. The summed E-state index contributed by atoms with van der Waals surface area (Å²) >= 11 is 5.98. The second-order valence-electron chi connectivity index (χ2n) is 3.25. The van der Waals surface area contributed by atoms with Crippen molar-refractivity contribution >= 4 is 17.5 Å². The van der Waals surface area contributed by atoms with Crippen molar-refractivity contribution in [1.29, 1.82) is 0 Å². The lowest BCUT2D eigenvalue weighted by atomic mass is 9.99. The molecule has 1 unspecified atom stereocenters. The Labute approximate surface area is 88.0 Å². The van der Waals surface area contributed by atoms with Crippen molar-refractivity contribution in [3.8, 4) is 0 Å². The molecule has 0 spiro atoms. The average Bonchev–Trinajstić information content (AvgIpc) is 2.01. The van der Waals surface area contributed by atoms with E-state index in [1.54, 1.807) is 6.07 Å². The van der Waals surface area contributed by atoms with Crippen molar-refractivity contribution in [3.05, 3.63) is 34.3 Å². The highest BCUT2D eigenvalue weighted by atomic mass is 35.5. The van der Waals surface area contributed by atoms with Gasteiger partial charge < -0.3 is 11.5 Å². The number of nitrogens with two attached hydrogens (primary N) is 2. The van der Waals surface area contributed by atoms with Crippen molar-refractivity contribution in [2.24, 2.45) is 11.5 Å². The van der Waals surface area contributed by atoms with Crippen molar-refractivity contribution in [2.75, 3.05) is 0 Å². The summed E-state index contributed by atoms with van der Waals surface area (Å²) < 4.78 is 0. The first kappa shape index (κ1) is 11.0. The molecule has 1 amide bonds. The van der Waals surface area contributed by atoms with Gasteiger partial charge in [-0.3, -0.25) is 4.79 Å². The van der Waals surface area contributed by atoms with E-state index in [2.05, 4.69) is 0 Å². The zero-order valence-electron chi connectivity index (χ0n) is 7.96. The van der Waals surface area contributed by atoms with Crippen LogP contribution in [-0.4, -0.2) is 5.91 Å². The first-order valence-corrected chi connectivity index (χ1v) is 4.69. The molecule has 1 aromatic carbocycles. The van der Waals surface area contributed by atoms with Gasteiger partial charge in [-0.1, -0.05) is 23.7 Å². The molecule has 0 aliphatic rings. The van der Waals surface area contributed by atoms with Gasteiger partial charge in [-0.05, 0) is 24.1 Å². The fraction of sp³-hybridized carbons (Fsp3) is 0.300. The fourth-order valence-corrected chi connectivity index (χ4v) is 1.80. The van der Waals surface area contributed by atoms with Crippen LogP contribution >= 0.6 is 11.6 Å².